The number of piperazine rings is 1. The number of rotatable bonds is 9. The fraction of sp³-hybridized carbons (Fsp3) is 0.367. The number of nitrogens with one attached hydrogen (secondary N) is 2. The van der Waals surface area contributed by atoms with Gasteiger partial charge in [0.15, 0.2) is 0 Å². The summed E-state index contributed by atoms with van der Waals surface area (Å²) in [5.74, 6) is 0.548. The van der Waals surface area contributed by atoms with Gasteiger partial charge in [-0.3, -0.25) is 4.79 Å². The van der Waals surface area contributed by atoms with Crippen molar-refractivity contribution in [3.63, 3.8) is 0 Å². The van der Waals surface area contributed by atoms with Gasteiger partial charge in [0, 0.05) is 66.9 Å². The highest BCUT2D eigenvalue weighted by Crippen LogP contribution is 2.26. The van der Waals surface area contributed by atoms with E-state index in [2.05, 4.69) is 61.6 Å². The summed E-state index contributed by atoms with van der Waals surface area (Å²) in [5.41, 5.74) is 5.76. The molecule has 2 aliphatic rings. The number of benzene rings is 2. The number of hydrogen-bond donors (Lipinski definition) is 2. The lowest BCUT2D eigenvalue weighted by Gasteiger charge is -2.35. The van der Waals surface area contributed by atoms with Gasteiger partial charge in [-0.1, -0.05) is 6.92 Å². The number of aryl methyl sites for hydroxylation is 2. The highest BCUT2D eigenvalue weighted by molar-refractivity contribution is 5.98. The van der Waals surface area contributed by atoms with Gasteiger partial charge in [0.05, 0.1) is 6.26 Å². The topological polar surface area (TPSA) is 86.5 Å². The zero-order chi connectivity index (χ0) is 25.9. The van der Waals surface area contributed by atoms with Gasteiger partial charge in [0.2, 0.25) is 5.95 Å². The number of hydrogen-bond acceptors (Lipinski definition) is 7. The molecular formula is C30H34N6O2. The first-order chi connectivity index (χ1) is 18.6. The minimum absolute atomic E-state index is 0.0297. The van der Waals surface area contributed by atoms with E-state index in [-0.39, 0.29) is 5.91 Å². The van der Waals surface area contributed by atoms with E-state index >= 15 is 0 Å². The highest BCUT2D eigenvalue weighted by atomic mass is 16.3. The molecule has 0 atom stereocenters. The van der Waals surface area contributed by atoms with E-state index < -0.39 is 0 Å². The van der Waals surface area contributed by atoms with Gasteiger partial charge < -0.3 is 24.9 Å². The van der Waals surface area contributed by atoms with Crippen molar-refractivity contribution in [3.8, 4) is 0 Å². The molecule has 38 heavy (non-hydrogen) atoms. The molecule has 1 saturated carbocycles. The van der Waals surface area contributed by atoms with Crippen molar-refractivity contribution in [1.29, 1.82) is 0 Å². The number of likely N-dealkylation sites (N-methyl/N-ethyl adjacent to an activating group) is 1. The van der Waals surface area contributed by atoms with Crippen molar-refractivity contribution in [2.45, 2.75) is 38.6 Å². The molecule has 8 heteroatoms. The second kappa shape index (κ2) is 10.8. The summed E-state index contributed by atoms with van der Waals surface area (Å²) in [5, 5.41) is 7.42. The number of furan rings is 1. The molecule has 196 valence electrons. The Morgan fingerprint density at radius 3 is 2.47 bits per heavy atom. The van der Waals surface area contributed by atoms with Crippen molar-refractivity contribution in [2.75, 3.05) is 42.9 Å². The summed E-state index contributed by atoms with van der Waals surface area (Å²) in [6, 6.07) is 14.6. The van der Waals surface area contributed by atoms with Gasteiger partial charge >= 0.3 is 0 Å². The summed E-state index contributed by atoms with van der Waals surface area (Å²) < 4.78 is 5.63. The Hall–Kier alpha value is -3.91. The van der Waals surface area contributed by atoms with Crippen LogP contribution in [-0.2, 0) is 12.8 Å². The molecule has 0 spiro atoms. The number of amides is 1. The van der Waals surface area contributed by atoms with E-state index in [9.17, 15) is 4.79 Å². The molecule has 4 aromatic rings. The maximum Gasteiger partial charge on any atom is 0.251 e. The van der Waals surface area contributed by atoms with Crippen molar-refractivity contribution in [2.24, 2.45) is 0 Å². The van der Waals surface area contributed by atoms with Crippen LogP contribution >= 0.6 is 0 Å². The van der Waals surface area contributed by atoms with Crippen LogP contribution in [0, 0.1) is 0 Å². The molecule has 3 heterocycles. The van der Waals surface area contributed by atoms with Crippen molar-refractivity contribution in [3.05, 3.63) is 77.8 Å². The lowest BCUT2D eigenvalue weighted by molar-refractivity contribution is 0.0951. The lowest BCUT2D eigenvalue weighted by atomic mass is 10.00. The number of carbonyl (C=O) groups is 1. The summed E-state index contributed by atoms with van der Waals surface area (Å²) in [6.45, 7) is 7.70. The number of nitrogens with zero attached hydrogens (tertiary/aromatic N) is 4. The van der Waals surface area contributed by atoms with E-state index in [1.54, 1.807) is 6.26 Å². The molecule has 1 saturated heterocycles. The van der Waals surface area contributed by atoms with Gasteiger partial charge in [-0.15, -0.1) is 0 Å². The van der Waals surface area contributed by atoms with Gasteiger partial charge in [0.25, 0.3) is 5.91 Å². The summed E-state index contributed by atoms with van der Waals surface area (Å²) in [4.78, 5) is 26.6. The van der Waals surface area contributed by atoms with Gasteiger partial charge in [0.1, 0.15) is 5.58 Å². The van der Waals surface area contributed by atoms with E-state index in [1.807, 2.05) is 30.6 Å². The average molecular weight is 511 g/mol. The van der Waals surface area contributed by atoms with Crippen LogP contribution in [0.4, 0.5) is 17.3 Å². The molecule has 6 rings (SSSR count). The molecule has 8 nitrogen and oxygen atoms in total. The molecular weight excluding hydrogens is 476 g/mol. The van der Waals surface area contributed by atoms with Crippen LogP contribution in [0.25, 0.3) is 11.0 Å². The second-order valence-corrected chi connectivity index (χ2v) is 10.2. The molecule has 1 amide bonds. The largest absolute Gasteiger partial charge is 0.464 e. The predicted octanol–water partition coefficient (Wildman–Crippen LogP) is 4.79. The molecule has 0 radical (unpaired) electrons. The Morgan fingerprint density at radius 1 is 1.00 bits per heavy atom. The Labute approximate surface area is 223 Å². The van der Waals surface area contributed by atoms with Crippen LogP contribution in [0.1, 0.15) is 41.3 Å². The quantitative estimate of drug-likeness (QED) is 0.335. The average Bonchev–Trinajstić information content (AvgIpc) is 3.64. The Kier molecular flexibility index (Phi) is 6.96. The fourth-order valence-electron chi connectivity index (χ4n) is 5.02. The third-order valence-electron chi connectivity index (χ3n) is 7.53. The monoisotopic (exact) mass is 510 g/mol. The fourth-order valence-corrected chi connectivity index (χ4v) is 5.02. The molecule has 2 aromatic heterocycles. The Bertz CT molecular complexity index is 1390. The molecule has 2 fully saturated rings. The second-order valence-electron chi connectivity index (χ2n) is 10.2. The molecule has 1 aliphatic carbocycles. The number of fused-ring (bicyclic) bond motifs is 1. The summed E-state index contributed by atoms with van der Waals surface area (Å²) in [6.07, 6.45) is 9.08. The van der Waals surface area contributed by atoms with Crippen LogP contribution in [0.5, 0.6) is 0 Å². The first kappa shape index (κ1) is 24.4. The Balaban J connectivity index is 1.06. The maximum absolute atomic E-state index is 12.6. The maximum atomic E-state index is 12.6. The normalized spacial score (nSPS) is 16.1. The minimum atomic E-state index is -0.0297. The van der Waals surface area contributed by atoms with Crippen LogP contribution < -0.4 is 15.5 Å². The molecule has 1 aliphatic heterocycles. The van der Waals surface area contributed by atoms with Crippen LogP contribution in [-0.4, -0.2) is 59.5 Å². The third-order valence-corrected chi connectivity index (χ3v) is 7.53. The van der Waals surface area contributed by atoms with Crippen LogP contribution in [0.2, 0.25) is 0 Å². The van der Waals surface area contributed by atoms with Gasteiger partial charge in [-0.25, -0.2) is 9.97 Å². The van der Waals surface area contributed by atoms with Gasteiger partial charge in [-0.05, 0) is 85.8 Å². The van der Waals surface area contributed by atoms with Crippen molar-refractivity contribution < 1.29 is 9.21 Å². The van der Waals surface area contributed by atoms with E-state index in [0.717, 1.165) is 86.2 Å². The van der Waals surface area contributed by atoms with E-state index in [1.165, 1.54) is 5.69 Å². The standard InChI is InChI=1S/C30H34N6O2/c1-2-35-12-14-36(15-13-35)26-9-7-25(8-10-26)34-30-31-19-21(20-32-30)3-4-22-17-23(29(37)33-24-5-6-24)18-28-27(22)11-16-38-28/h7-11,16-20,24H,2-6,12-15H2,1H3,(H,33,37)(H,31,32,34). The molecule has 0 bridgehead atoms. The summed E-state index contributed by atoms with van der Waals surface area (Å²) >= 11 is 0. The minimum Gasteiger partial charge on any atom is -0.464 e. The van der Waals surface area contributed by atoms with Crippen molar-refractivity contribution >= 4 is 34.2 Å². The van der Waals surface area contributed by atoms with E-state index in [0.29, 0.717) is 17.6 Å². The lowest BCUT2D eigenvalue weighted by Crippen LogP contribution is -2.46. The number of carbonyl (C=O) groups excluding carboxylic acids is 1. The Morgan fingerprint density at radius 2 is 1.76 bits per heavy atom. The van der Waals surface area contributed by atoms with Gasteiger partial charge in [-0.2, -0.15) is 0 Å². The van der Waals surface area contributed by atoms with Crippen molar-refractivity contribution in [1.82, 2.24) is 20.2 Å². The molecule has 0 unspecified atom stereocenters. The van der Waals surface area contributed by atoms with E-state index in [4.69, 9.17) is 4.42 Å². The first-order valence-corrected chi connectivity index (χ1v) is 13.6. The predicted molar refractivity (Wildman–Crippen MR) is 150 cm³/mol. The third kappa shape index (κ3) is 5.65. The molecule has 2 N–H and O–H groups in total. The smallest absolute Gasteiger partial charge is 0.251 e. The highest BCUT2D eigenvalue weighted by Gasteiger charge is 2.24. The van der Waals surface area contributed by atoms with Crippen LogP contribution in [0.3, 0.4) is 0 Å². The zero-order valence-corrected chi connectivity index (χ0v) is 21.8. The number of aromatic nitrogens is 2. The summed E-state index contributed by atoms with van der Waals surface area (Å²) in [7, 11) is 0. The first-order valence-electron chi connectivity index (χ1n) is 13.6. The molecule has 2 aromatic carbocycles. The number of anilines is 3. The zero-order valence-electron chi connectivity index (χ0n) is 21.8. The SMILES string of the molecule is CCN1CCN(c2ccc(Nc3ncc(CCc4cc(C(=O)NC5CC5)cc5occc45)cn3)cc2)CC1. The van der Waals surface area contributed by atoms with Crippen LogP contribution in [0.15, 0.2) is 65.5 Å².